The molecule has 0 aliphatic rings. The highest BCUT2D eigenvalue weighted by Crippen LogP contribution is 2.18. The average molecular weight is 373 g/mol. The molecule has 0 aliphatic carbocycles. The molecule has 0 saturated carbocycles. The zero-order chi connectivity index (χ0) is 19.9. The van der Waals surface area contributed by atoms with E-state index in [1.807, 2.05) is 42.5 Å². The fourth-order valence-corrected chi connectivity index (χ4v) is 2.67. The Morgan fingerprint density at radius 1 is 1.00 bits per heavy atom. The van der Waals surface area contributed by atoms with E-state index >= 15 is 0 Å². The van der Waals surface area contributed by atoms with Crippen LogP contribution < -0.4 is 0 Å². The molecule has 3 aromatic rings. The third-order valence-electron chi connectivity index (χ3n) is 4.20. The summed E-state index contributed by atoms with van der Waals surface area (Å²) >= 11 is 0. The number of carbonyl (C=O) groups is 2. The standard InChI is InChI=1S/C23H19NO4/c1-28-23(27)21(15-24-19-9-11-20(25)12-10-19)22(26)13-7-16-6-8-17-4-2-3-5-18(17)14-16/h2-15,21,25H,1H3. The molecule has 0 spiro atoms. The van der Waals surface area contributed by atoms with Crippen molar-refractivity contribution in [2.75, 3.05) is 7.11 Å². The van der Waals surface area contributed by atoms with Gasteiger partial charge < -0.3 is 9.84 Å². The van der Waals surface area contributed by atoms with Crippen LogP contribution in [0.4, 0.5) is 5.69 Å². The summed E-state index contributed by atoms with van der Waals surface area (Å²) in [5, 5.41) is 11.5. The molecule has 0 heterocycles. The Balaban J connectivity index is 1.79. The maximum absolute atomic E-state index is 12.5. The first-order valence-electron chi connectivity index (χ1n) is 8.68. The number of allylic oxidation sites excluding steroid dienone is 1. The van der Waals surface area contributed by atoms with Crippen molar-refractivity contribution in [3.8, 4) is 5.75 Å². The molecular weight excluding hydrogens is 354 g/mol. The summed E-state index contributed by atoms with van der Waals surface area (Å²) in [5.41, 5.74) is 1.36. The number of hydrogen-bond donors (Lipinski definition) is 1. The maximum Gasteiger partial charge on any atom is 0.322 e. The third kappa shape index (κ3) is 4.71. The molecule has 3 rings (SSSR count). The normalized spacial score (nSPS) is 12.5. The van der Waals surface area contributed by atoms with Crippen molar-refractivity contribution < 1.29 is 19.4 Å². The Labute approximate surface area is 162 Å². The number of ketones is 1. The minimum atomic E-state index is -1.14. The van der Waals surface area contributed by atoms with Crippen LogP contribution in [0, 0.1) is 5.92 Å². The van der Waals surface area contributed by atoms with Crippen molar-refractivity contribution in [2.45, 2.75) is 0 Å². The van der Waals surface area contributed by atoms with Gasteiger partial charge in [-0.3, -0.25) is 14.6 Å². The monoisotopic (exact) mass is 373 g/mol. The molecule has 0 fully saturated rings. The van der Waals surface area contributed by atoms with Crippen molar-refractivity contribution in [3.63, 3.8) is 0 Å². The molecule has 0 aromatic heterocycles. The van der Waals surface area contributed by atoms with Gasteiger partial charge in [0.2, 0.25) is 0 Å². The van der Waals surface area contributed by atoms with Crippen molar-refractivity contribution in [1.82, 2.24) is 0 Å². The lowest BCUT2D eigenvalue weighted by molar-refractivity contribution is -0.145. The number of aromatic hydroxyl groups is 1. The Bertz CT molecular complexity index is 1050. The van der Waals surface area contributed by atoms with Crippen LogP contribution in [-0.4, -0.2) is 30.2 Å². The molecule has 0 radical (unpaired) electrons. The highest BCUT2D eigenvalue weighted by Gasteiger charge is 2.23. The second kappa shape index (κ2) is 8.77. The highest BCUT2D eigenvalue weighted by atomic mass is 16.5. The van der Waals surface area contributed by atoms with E-state index in [2.05, 4.69) is 4.99 Å². The summed E-state index contributed by atoms with van der Waals surface area (Å²) in [6.45, 7) is 0. The summed E-state index contributed by atoms with van der Waals surface area (Å²) in [6.07, 6.45) is 4.28. The van der Waals surface area contributed by atoms with Gasteiger partial charge in [-0.25, -0.2) is 0 Å². The molecule has 5 heteroatoms. The van der Waals surface area contributed by atoms with Crippen molar-refractivity contribution in [2.24, 2.45) is 10.9 Å². The minimum Gasteiger partial charge on any atom is -0.508 e. The summed E-state index contributed by atoms with van der Waals surface area (Å²) < 4.78 is 4.73. The molecule has 1 atom stereocenters. The minimum absolute atomic E-state index is 0.109. The Hall–Kier alpha value is -3.73. The van der Waals surface area contributed by atoms with E-state index in [9.17, 15) is 14.7 Å². The molecule has 1 N–H and O–H groups in total. The zero-order valence-corrected chi connectivity index (χ0v) is 15.3. The molecular formula is C23H19NO4. The number of methoxy groups -OCH3 is 1. The lowest BCUT2D eigenvalue weighted by atomic mass is 10.0. The molecule has 1 unspecified atom stereocenters. The van der Waals surface area contributed by atoms with E-state index in [1.54, 1.807) is 18.2 Å². The van der Waals surface area contributed by atoms with Gasteiger partial charge in [0.05, 0.1) is 12.8 Å². The smallest absolute Gasteiger partial charge is 0.322 e. The maximum atomic E-state index is 12.5. The van der Waals surface area contributed by atoms with E-state index in [0.717, 1.165) is 16.3 Å². The van der Waals surface area contributed by atoms with Crippen LogP contribution in [0.1, 0.15) is 5.56 Å². The first-order chi connectivity index (χ1) is 13.6. The molecule has 0 saturated heterocycles. The molecule has 0 amide bonds. The van der Waals surface area contributed by atoms with Crippen LogP contribution in [0.15, 0.2) is 77.8 Å². The molecule has 28 heavy (non-hydrogen) atoms. The number of carbonyl (C=O) groups excluding carboxylic acids is 2. The van der Waals surface area contributed by atoms with Crippen molar-refractivity contribution in [1.29, 1.82) is 0 Å². The lowest BCUT2D eigenvalue weighted by Crippen LogP contribution is -2.25. The fraction of sp³-hybridized carbons (Fsp3) is 0.0870. The van der Waals surface area contributed by atoms with E-state index < -0.39 is 17.7 Å². The quantitative estimate of drug-likeness (QED) is 0.302. The van der Waals surface area contributed by atoms with Crippen molar-refractivity contribution in [3.05, 3.63) is 78.4 Å². The number of phenolic OH excluding ortho intramolecular Hbond substituents is 1. The van der Waals surface area contributed by atoms with Gasteiger partial charge in [0.25, 0.3) is 0 Å². The number of hydrogen-bond acceptors (Lipinski definition) is 5. The van der Waals surface area contributed by atoms with Crippen LogP contribution in [-0.2, 0) is 14.3 Å². The first kappa shape index (κ1) is 19.0. The number of fused-ring (bicyclic) bond motifs is 1. The van der Waals surface area contributed by atoms with Crippen LogP contribution >= 0.6 is 0 Å². The number of rotatable bonds is 6. The molecule has 140 valence electrons. The van der Waals surface area contributed by atoms with E-state index in [4.69, 9.17) is 4.74 Å². The van der Waals surface area contributed by atoms with Crippen LogP contribution in [0.5, 0.6) is 5.75 Å². The number of esters is 1. The summed E-state index contributed by atoms with van der Waals surface area (Å²) in [6, 6.07) is 19.9. The average Bonchev–Trinajstić information content (AvgIpc) is 2.73. The largest absolute Gasteiger partial charge is 0.508 e. The summed E-state index contributed by atoms with van der Waals surface area (Å²) in [4.78, 5) is 28.7. The van der Waals surface area contributed by atoms with Gasteiger partial charge in [-0.2, -0.15) is 0 Å². The number of benzene rings is 3. The van der Waals surface area contributed by atoms with E-state index in [0.29, 0.717) is 5.69 Å². The molecule has 3 aromatic carbocycles. The van der Waals surface area contributed by atoms with Crippen LogP contribution in [0.2, 0.25) is 0 Å². The second-order valence-corrected chi connectivity index (χ2v) is 6.14. The second-order valence-electron chi connectivity index (χ2n) is 6.14. The third-order valence-corrected chi connectivity index (χ3v) is 4.20. The Kier molecular flexibility index (Phi) is 5.97. The highest BCUT2D eigenvalue weighted by molar-refractivity contribution is 6.17. The zero-order valence-electron chi connectivity index (χ0n) is 15.3. The van der Waals surface area contributed by atoms with Crippen LogP contribution in [0.3, 0.4) is 0 Å². The Morgan fingerprint density at radius 2 is 1.71 bits per heavy atom. The van der Waals surface area contributed by atoms with Gasteiger partial charge >= 0.3 is 5.97 Å². The van der Waals surface area contributed by atoms with Gasteiger partial charge in [0.15, 0.2) is 11.7 Å². The number of aliphatic imine (C=N–C) groups is 1. The first-order valence-corrected chi connectivity index (χ1v) is 8.68. The van der Waals surface area contributed by atoms with E-state index in [1.165, 1.54) is 31.5 Å². The van der Waals surface area contributed by atoms with Gasteiger partial charge in [-0.1, -0.05) is 42.5 Å². The van der Waals surface area contributed by atoms with Gasteiger partial charge in [0.1, 0.15) is 5.75 Å². The predicted octanol–water partition coefficient (Wildman–Crippen LogP) is 4.32. The number of nitrogens with zero attached hydrogens (tertiary/aromatic N) is 1. The van der Waals surface area contributed by atoms with Gasteiger partial charge in [-0.15, -0.1) is 0 Å². The predicted molar refractivity (Wildman–Crippen MR) is 110 cm³/mol. The van der Waals surface area contributed by atoms with Gasteiger partial charge in [-0.05, 0) is 52.7 Å². The molecule has 0 bridgehead atoms. The Morgan fingerprint density at radius 3 is 2.43 bits per heavy atom. The molecule has 0 aliphatic heterocycles. The van der Waals surface area contributed by atoms with Gasteiger partial charge in [0, 0.05) is 6.21 Å². The van der Waals surface area contributed by atoms with Crippen LogP contribution in [0.25, 0.3) is 16.8 Å². The summed E-state index contributed by atoms with van der Waals surface area (Å²) in [5.74, 6) is -2.15. The topological polar surface area (TPSA) is 76.0 Å². The number of phenols is 1. The summed E-state index contributed by atoms with van der Waals surface area (Å²) in [7, 11) is 1.23. The van der Waals surface area contributed by atoms with Crippen molar-refractivity contribution >= 4 is 40.5 Å². The number of ether oxygens (including phenoxy) is 1. The van der Waals surface area contributed by atoms with E-state index in [-0.39, 0.29) is 5.75 Å². The SMILES string of the molecule is COC(=O)C(C=Nc1ccc(O)cc1)C(=O)C=Cc1ccc2ccccc2c1. The fourth-order valence-electron chi connectivity index (χ4n) is 2.67. The molecule has 5 nitrogen and oxygen atoms in total. The lowest BCUT2D eigenvalue weighted by Gasteiger charge is -2.06.